The Morgan fingerprint density at radius 1 is 1.08 bits per heavy atom. The molecule has 1 unspecified atom stereocenters. The number of aryl methyl sites for hydroxylation is 1. The summed E-state index contributed by atoms with van der Waals surface area (Å²) in [7, 11) is 0. The molecular formula is C21H29N3O. The number of carbonyl (C=O) groups is 1. The van der Waals surface area contributed by atoms with Gasteiger partial charge in [-0.1, -0.05) is 30.3 Å². The van der Waals surface area contributed by atoms with Crippen molar-refractivity contribution in [1.82, 2.24) is 5.32 Å². The van der Waals surface area contributed by atoms with E-state index >= 15 is 0 Å². The van der Waals surface area contributed by atoms with Crippen molar-refractivity contribution in [1.29, 1.82) is 0 Å². The molecule has 0 heterocycles. The maximum Gasteiger partial charge on any atom is 0.239 e. The van der Waals surface area contributed by atoms with E-state index in [9.17, 15) is 4.79 Å². The van der Waals surface area contributed by atoms with Crippen LogP contribution < -0.4 is 15.5 Å². The van der Waals surface area contributed by atoms with Crippen molar-refractivity contribution in [3.8, 4) is 0 Å². The van der Waals surface area contributed by atoms with Gasteiger partial charge in [-0.05, 0) is 57.0 Å². The van der Waals surface area contributed by atoms with Gasteiger partial charge in [-0.2, -0.15) is 0 Å². The number of nitrogens with zero attached hydrogens (tertiary/aromatic N) is 1. The van der Waals surface area contributed by atoms with Crippen molar-refractivity contribution >= 4 is 17.3 Å². The monoisotopic (exact) mass is 339 g/mol. The van der Waals surface area contributed by atoms with E-state index in [1.54, 1.807) is 0 Å². The first kappa shape index (κ1) is 18.8. The van der Waals surface area contributed by atoms with Gasteiger partial charge in [0, 0.05) is 24.5 Å². The third-order valence-corrected chi connectivity index (χ3v) is 4.46. The number of benzene rings is 2. The normalized spacial score (nSPS) is 11.7. The molecule has 1 atom stereocenters. The van der Waals surface area contributed by atoms with Crippen LogP contribution >= 0.6 is 0 Å². The van der Waals surface area contributed by atoms with Crippen LogP contribution in [0.4, 0.5) is 11.4 Å². The largest absolute Gasteiger partial charge is 0.376 e. The highest BCUT2D eigenvalue weighted by Gasteiger charge is 2.10. The maximum absolute atomic E-state index is 12.2. The van der Waals surface area contributed by atoms with Gasteiger partial charge in [0.1, 0.15) is 0 Å². The van der Waals surface area contributed by atoms with E-state index in [0.717, 1.165) is 29.9 Å². The molecule has 25 heavy (non-hydrogen) atoms. The summed E-state index contributed by atoms with van der Waals surface area (Å²) in [5.41, 5.74) is 4.47. The molecule has 0 aliphatic carbocycles. The Morgan fingerprint density at radius 3 is 2.36 bits per heavy atom. The third-order valence-electron chi connectivity index (χ3n) is 4.46. The molecule has 0 aliphatic rings. The molecular weight excluding hydrogens is 310 g/mol. The summed E-state index contributed by atoms with van der Waals surface area (Å²) in [6, 6.07) is 16.3. The van der Waals surface area contributed by atoms with Crippen LogP contribution in [0.3, 0.4) is 0 Å². The van der Waals surface area contributed by atoms with Crippen LogP contribution in [-0.4, -0.2) is 25.5 Å². The SMILES string of the molecule is CCN(CC)c1ccc(NCC(=O)NC(C)c2ccccc2)c(C)c1. The smallest absolute Gasteiger partial charge is 0.239 e. The molecule has 4 nitrogen and oxygen atoms in total. The average molecular weight is 339 g/mol. The lowest BCUT2D eigenvalue weighted by molar-refractivity contribution is -0.120. The van der Waals surface area contributed by atoms with E-state index in [4.69, 9.17) is 0 Å². The quantitative estimate of drug-likeness (QED) is 0.760. The van der Waals surface area contributed by atoms with E-state index in [0.29, 0.717) is 0 Å². The molecule has 0 aromatic heterocycles. The minimum Gasteiger partial charge on any atom is -0.376 e. The fraction of sp³-hybridized carbons (Fsp3) is 0.381. The highest BCUT2D eigenvalue weighted by Crippen LogP contribution is 2.22. The van der Waals surface area contributed by atoms with Crippen molar-refractivity contribution in [2.75, 3.05) is 29.9 Å². The average Bonchev–Trinajstić information content (AvgIpc) is 2.62. The molecule has 0 saturated heterocycles. The standard InChI is InChI=1S/C21H29N3O/c1-5-24(6-2)19-12-13-20(16(3)14-19)22-15-21(25)23-17(4)18-10-8-7-9-11-18/h7-14,17,22H,5-6,15H2,1-4H3,(H,23,25). The molecule has 2 aromatic rings. The summed E-state index contributed by atoms with van der Waals surface area (Å²) >= 11 is 0. The fourth-order valence-electron chi connectivity index (χ4n) is 2.92. The zero-order chi connectivity index (χ0) is 18.2. The van der Waals surface area contributed by atoms with Crippen LogP contribution in [0, 0.1) is 6.92 Å². The molecule has 2 aromatic carbocycles. The molecule has 1 amide bonds. The van der Waals surface area contributed by atoms with Crippen LogP contribution in [-0.2, 0) is 4.79 Å². The highest BCUT2D eigenvalue weighted by atomic mass is 16.1. The summed E-state index contributed by atoms with van der Waals surface area (Å²) in [5.74, 6) is -0.0106. The first-order valence-corrected chi connectivity index (χ1v) is 8.98. The predicted octanol–water partition coefficient (Wildman–Crippen LogP) is 4.13. The maximum atomic E-state index is 12.2. The molecule has 0 aliphatic heterocycles. The number of nitrogens with one attached hydrogen (secondary N) is 2. The lowest BCUT2D eigenvalue weighted by Crippen LogP contribution is -2.32. The minimum absolute atomic E-state index is 0.00152. The van der Waals surface area contributed by atoms with E-state index in [1.165, 1.54) is 5.69 Å². The van der Waals surface area contributed by atoms with Gasteiger partial charge in [-0.15, -0.1) is 0 Å². The van der Waals surface area contributed by atoms with Gasteiger partial charge in [0.05, 0.1) is 12.6 Å². The highest BCUT2D eigenvalue weighted by molar-refractivity contribution is 5.81. The van der Waals surface area contributed by atoms with Gasteiger partial charge in [-0.25, -0.2) is 0 Å². The lowest BCUT2D eigenvalue weighted by atomic mass is 10.1. The van der Waals surface area contributed by atoms with Crippen LogP contribution in [0.2, 0.25) is 0 Å². The van der Waals surface area contributed by atoms with Crippen molar-refractivity contribution in [2.45, 2.75) is 33.7 Å². The number of anilines is 2. The van der Waals surface area contributed by atoms with Crippen molar-refractivity contribution in [2.24, 2.45) is 0 Å². The summed E-state index contributed by atoms with van der Waals surface area (Å²) in [4.78, 5) is 14.5. The fourth-order valence-corrected chi connectivity index (χ4v) is 2.92. The minimum atomic E-state index is -0.0106. The lowest BCUT2D eigenvalue weighted by Gasteiger charge is -2.22. The molecule has 2 N–H and O–H groups in total. The van der Waals surface area contributed by atoms with E-state index in [-0.39, 0.29) is 18.5 Å². The Hall–Kier alpha value is -2.49. The first-order chi connectivity index (χ1) is 12.0. The van der Waals surface area contributed by atoms with Gasteiger partial charge in [0.25, 0.3) is 0 Å². The second-order valence-electron chi connectivity index (χ2n) is 6.22. The van der Waals surface area contributed by atoms with Gasteiger partial charge in [-0.3, -0.25) is 4.79 Å². The first-order valence-electron chi connectivity index (χ1n) is 8.98. The molecule has 0 saturated carbocycles. The summed E-state index contributed by atoms with van der Waals surface area (Å²) in [5, 5.41) is 6.27. The summed E-state index contributed by atoms with van der Waals surface area (Å²) in [6.45, 7) is 10.6. The predicted molar refractivity (Wildman–Crippen MR) is 106 cm³/mol. The van der Waals surface area contributed by atoms with E-state index < -0.39 is 0 Å². The van der Waals surface area contributed by atoms with Crippen LogP contribution in [0.15, 0.2) is 48.5 Å². The molecule has 0 fully saturated rings. The van der Waals surface area contributed by atoms with Crippen molar-refractivity contribution in [3.05, 3.63) is 59.7 Å². The van der Waals surface area contributed by atoms with E-state index in [2.05, 4.69) is 54.5 Å². The van der Waals surface area contributed by atoms with Gasteiger partial charge in [0.2, 0.25) is 5.91 Å². The van der Waals surface area contributed by atoms with Gasteiger partial charge in [0.15, 0.2) is 0 Å². The number of rotatable bonds is 8. The Kier molecular flexibility index (Phi) is 6.87. The Morgan fingerprint density at radius 2 is 1.76 bits per heavy atom. The Labute approximate surface area is 151 Å². The van der Waals surface area contributed by atoms with Crippen LogP contribution in [0.1, 0.15) is 37.9 Å². The van der Waals surface area contributed by atoms with Gasteiger partial charge < -0.3 is 15.5 Å². The topological polar surface area (TPSA) is 44.4 Å². The van der Waals surface area contributed by atoms with Gasteiger partial charge >= 0.3 is 0 Å². The van der Waals surface area contributed by atoms with Crippen molar-refractivity contribution < 1.29 is 4.79 Å². The molecule has 134 valence electrons. The zero-order valence-electron chi connectivity index (χ0n) is 15.7. The number of hydrogen-bond donors (Lipinski definition) is 2. The number of amides is 1. The van der Waals surface area contributed by atoms with E-state index in [1.807, 2.05) is 37.3 Å². The molecule has 0 bridgehead atoms. The summed E-state index contributed by atoms with van der Waals surface area (Å²) in [6.07, 6.45) is 0. The molecule has 0 spiro atoms. The van der Waals surface area contributed by atoms with Crippen LogP contribution in [0.5, 0.6) is 0 Å². The Balaban J connectivity index is 1.91. The Bertz CT molecular complexity index is 681. The summed E-state index contributed by atoms with van der Waals surface area (Å²) < 4.78 is 0. The molecule has 4 heteroatoms. The second-order valence-corrected chi connectivity index (χ2v) is 6.22. The second kappa shape index (κ2) is 9.11. The number of carbonyl (C=O) groups excluding carboxylic acids is 1. The molecule has 0 radical (unpaired) electrons. The number of hydrogen-bond acceptors (Lipinski definition) is 3. The third kappa shape index (κ3) is 5.24. The zero-order valence-corrected chi connectivity index (χ0v) is 15.7. The van der Waals surface area contributed by atoms with Crippen molar-refractivity contribution in [3.63, 3.8) is 0 Å². The van der Waals surface area contributed by atoms with Crippen LogP contribution in [0.25, 0.3) is 0 Å². The molecule has 2 rings (SSSR count).